The number of hydrogen-bond donors (Lipinski definition) is 2. The molecule has 2 nitrogen and oxygen atoms in total. The van der Waals surface area contributed by atoms with Gasteiger partial charge in [0, 0.05) is 5.54 Å². The van der Waals surface area contributed by atoms with Crippen molar-refractivity contribution in [2.75, 3.05) is 0 Å². The molecule has 2 atom stereocenters. The number of nitrogens with two attached hydrogens (primary N) is 1. The summed E-state index contributed by atoms with van der Waals surface area (Å²) in [6.07, 6.45) is 7.24. The molecule has 0 rings (SSSR count). The Morgan fingerprint density at radius 2 is 1.53 bits per heavy atom. The molecule has 0 saturated carbocycles. The molecular formula is C13H29NO. The molecule has 0 amide bonds. The lowest BCUT2D eigenvalue weighted by Crippen LogP contribution is -2.36. The van der Waals surface area contributed by atoms with E-state index < -0.39 is 5.60 Å². The van der Waals surface area contributed by atoms with Crippen LogP contribution < -0.4 is 5.73 Å². The lowest BCUT2D eigenvalue weighted by atomic mass is 9.87. The SMILES string of the molecule is CCCCC(C)(N)CCCC(C)(O)CC. The number of rotatable bonds is 8. The first-order chi connectivity index (χ1) is 6.83. The molecule has 0 aromatic heterocycles. The molecule has 92 valence electrons. The summed E-state index contributed by atoms with van der Waals surface area (Å²) in [6.45, 7) is 8.26. The molecule has 0 aliphatic rings. The molecule has 2 unspecified atom stereocenters. The van der Waals surface area contributed by atoms with Gasteiger partial charge in [-0.3, -0.25) is 0 Å². The van der Waals surface area contributed by atoms with Gasteiger partial charge in [-0.25, -0.2) is 0 Å². The van der Waals surface area contributed by atoms with Crippen LogP contribution in [0.25, 0.3) is 0 Å². The van der Waals surface area contributed by atoms with Gasteiger partial charge >= 0.3 is 0 Å². The molecular weight excluding hydrogens is 186 g/mol. The maximum absolute atomic E-state index is 9.86. The fraction of sp³-hybridized carbons (Fsp3) is 1.00. The summed E-state index contributed by atoms with van der Waals surface area (Å²) in [5.41, 5.74) is 5.65. The van der Waals surface area contributed by atoms with Crippen LogP contribution >= 0.6 is 0 Å². The van der Waals surface area contributed by atoms with Gasteiger partial charge in [-0.1, -0.05) is 26.7 Å². The lowest BCUT2D eigenvalue weighted by Gasteiger charge is -2.27. The molecule has 0 aliphatic carbocycles. The number of hydrogen-bond acceptors (Lipinski definition) is 2. The third-order valence-corrected chi connectivity index (χ3v) is 3.33. The Labute approximate surface area is 95.3 Å². The maximum atomic E-state index is 9.86. The van der Waals surface area contributed by atoms with Crippen LogP contribution in [0.15, 0.2) is 0 Å². The summed E-state index contributed by atoms with van der Waals surface area (Å²) in [5.74, 6) is 0. The zero-order valence-corrected chi connectivity index (χ0v) is 11.0. The minimum absolute atomic E-state index is 0.0418. The van der Waals surface area contributed by atoms with Gasteiger partial charge in [-0.05, 0) is 46.0 Å². The van der Waals surface area contributed by atoms with E-state index in [0.717, 1.165) is 32.1 Å². The number of unbranched alkanes of at least 4 members (excludes halogenated alkanes) is 1. The third-order valence-electron chi connectivity index (χ3n) is 3.33. The molecule has 0 bridgehead atoms. The summed E-state index contributed by atoms with van der Waals surface area (Å²) in [5, 5.41) is 9.86. The summed E-state index contributed by atoms with van der Waals surface area (Å²) < 4.78 is 0. The van der Waals surface area contributed by atoms with Crippen molar-refractivity contribution in [2.24, 2.45) is 5.73 Å². The van der Waals surface area contributed by atoms with Crippen LogP contribution in [0.3, 0.4) is 0 Å². The molecule has 0 saturated heterocycles. The van der Waals surface area contributed by atoms with Crippen LogP contribution in [0.2, 0.25) is 0 Å². The van der Waals surface area contributed by atoms with E-state index in [1.54, 1.807) is 0 Å². The first-order valence-corrected chi connectivity index (χ1v) is 6.34. The van der Waals surface area contributed by atoms with E-state index in [4.69, 9.17) is 5.73 Å². The normalized spacial score (nSPS) is 19.6. The Balaban J connectivity index is 3.74. The fourth-order valence-corrected chi connectivity index (χ4v) is 1.76. The average Bonchev–Trinajstić information content (AvgIpc) is 2.14. The highest BCUT2D eigenvalue weighted by Crippen LogP contribution is 2.22. The highest BCUT2D eigenvalue weighted by atomic mass is 16.3. The van der Waals surface area contributed by atoms with Gasteiger partial charge < -0.3 is 10.8 Å². The molecule has 0 aromatic carbocycles. The topological polar surface area (TPSA) is 46.2 Å². The van der Waals surface area contributed by atoms with E-state index >= 15 is 0 Å². The van der Waals surface area contributed by atoms with Gasteiger partial charge in [0.1, 0.15) is 0 Å². The van der Waals surface area contributed by atoms with Crippen LogP contribution in [-0.4, -0.2) is 16.2 Å². The van der Waals surface area contributed by atoms with E-state index in [9.17, 15) is 5.11 Å². The van der Waals surface area contributed by atoms with Crippen LogP contribution in [0.1, 0.15) is 72.6 Å². The van der Waals surface area contributed by atoms with E-state index in [0.29, 0.717) is 0 Å². The Morgan fingerprint density at radius 1 is 1.00 bits per heavy atom. The Morgan fingerprint density at radius 3 is 2.00 bits per heavy atom. The van der Waals surface area contributed by atoms with Crippen LogP contribution in [0.4, 0.5) is 0 Å². The molecule has 0 aromatic rings. The molecule has 3 N–H and O–H groups in total. The fourth-order valence-electron chi connectivity index (χ4n) is 1.76. The Bertz CT molecular complexity index is 164. The van der Waals surface area contributed by atoms with E-state index in [2.05, 4.69) is 13.8 Å². The number of aliphatic hydroxyl groups is 1. The summed E-state index contributed by atoms with van der Waals surface area (Å²) in [7, 11) is 0. The van der Waals surface area contributed by atoms with Crippen LogP contribution in [0.5, 0.6) is 0 Å². The Kier molecular flexibility index (Phi) is 6.46. The molecule has 0 radical (unpaired) electrons. The molecule has 0 spiro atoms. The maximum Gasteiger partial charge on any atom is 0.0617 e. The van der Waals surface area contributed by atoms with E-state index in [-0.39, 0.29) is 5.54 Å². The minimum Gasteiger partial charge on any atom is -0.390 e. The monoisotopic (exact) mass is 215 g/mol. The van der Waals surface area contributed by atoms with E-state index in [1.165, 1.54) is 12.8 Å². The summed E-state index contributed by atoms with van der Waals surface area (Å²) in [6, 6.07) is 0. The van der Waals surface area contributed by atoms with Crippen LogP contribution in [0, 0.1) is 0 Å². The van der Waals surface area contributed by atoms with Gasteiger partial charge in [0.15, 0.2) is 0 Å². The van der Waals surface area contributed by atoms with Gasteiger partial charge in [0.25, 0.3) is 0 Å². The Hall–Kier alpha value is -0.0800. The van der Waals surface area contributed by atoms with Crippen molar-refractivity contribution in [1.82, 2.24) is 0 Å². The van der Waals surface area contributed by atoms with Crippen molar-refractivity contribution < 1.29 is 5.11 Å². The molecule has 0 heterocycles. The van der Waals surface area contributed by atoms with E-state index in [1.807, 2.05) is 13.8 Å². The van der Waals surface area contributed by atoms with Gasteiger partial charge in [0.05, 0.1) is 5.60 Å². The predicted molar refractivity (Wildman–Crippen MR) is 66.9 cm³/mol. The van der Waals surface area contributed by atoms with Crippen LogP contribution in [-0.2, 0) is 0 Å². The molecule has 0 fully saturated rings. The largest absolute Gasteiger partial charge is 0.390 e. The third kappa shape index (κ3) is 7.80. The second-order valence-corrected chi connectivity index (χ2v) is 5.46. The zero-order valence-electron chi connectivity index (χ0n) is 11.0. The predicted octanol–water partition coefficient (Wildman–Crippen LogP) is 3.23. The quantitative estimate of drug-likeness (QED) is 0.653. The highest BCUT2D eigenvalue weighted by Gasteiger charge is 2.21. The first-order valence-electron chi connectivity index (χ1n) is 6.34. The van der Waals surface area contributed by atoms with Crippen molar-refractivity contribution in [3.05, 3.63) is 0 Å². The van der Waals surface area contributed by atoms with Gasteiger partial charge in [-0.15, -0.1) is 0 Å². The van der Waals surface area contributed by atoms with Gasteiger partial charge in [0.2, 0.25) is 0 Å². The summed E-state index contributed by atoms with van der Waals surface area (Å²) >= 11 is 0. The second kappa shape index (κ2) is 6.49. The molecule has 15 heavy (non-hydrogen) atoms. The first kappa shape index (κ1) is 14.9. The standard InChI is InChI=1S/C13H29NO/c1-5-7-9-12(3,14)10-8-11-13(4,15)6-2/h15H,5-11,14H2,1-4H3. The average molecular weight is 215 g/mol. The molecule has 0 aliphatic heterocycles. The smallest absolute Gasteiger partial charge is 0.0617 e. The lowest BCUT2D eigenvalue weighted by molar-refractivity contribution is 0.0427. The highest BCUT2D eigenvalue weighted by molar-refractivity contribution is 4.80. The van der Waals surface area contributed by atoms with Crippen molar-refractivity contribution in [3.8, 4) is 0 Å². The minimum atomic E-state index is -0.499. The van der Waals surface area contributed by atoms with Gasteiger partial charge in [-0.2, -0.15) is 0 Å². The van der Waals surface area contributed by atoms with Crippen molar-refractivity contribution in [3.63, 3.8) is 0 Å². The van der Waals surface area contributed by atoms with Crippen molar-refractivity contribution in [2.45, 2.75) is 83.8 Å². The van der Waals surface area contributed by atoms with Crippen molar-refractivity contribution in [1.29, 1.82) is 0 Å². The summed E-state index contributed by atoms with van der Waals surface area (Å²) in [4.78, 5) is 0. The second-order valence-electron chi connectivity index (χ2n) is 5.46. The zero-order chi connectivity index (χ0) is 11.9. The van der Waals surface area contributed by atoms with Crippen molar-refractivity contribution >= 4 is 0 Å². The molecule has 2 heteroatoms.